The normalized spacial score (nSPS) is 28.7. The summed E-state index contributed by atoms with van der Waals surface area (Å²) in [7, 11) is 0. The molecule has 1 heteroatoms. The molecule has 1 aromatic rings. The van der Waals surface area contributed by atoms with Gasteiger partial charge in [0.1, 0.15) is 0 Å². The molecule has 1 aromatic carbocycles. The van der Waals surface area contributed by atoms with E-state index in [0.29, 0.717) is 6.10 Å². The molecule has 1 saturated heterocycles. The Morgan fingerprint density at radius 2 is 1.92 bits per heavy atom. The maximum absolute atomic E-state index is 5.78. The molecule has 0 amide bonds. The van der Waals surface area contributed by atoms with Gasteiger partial charge in [0, 0.05) is 6.61 Å². The molecule has 0 aliphatic carbocycles. The Labute approximate surface area is 79.7 Å². The van der Waals surface area contributed by atoms with E-state index >= 15 is 0 Å². The minimum absolute atomic E-state index is 0.345. The van der Waals surface area contributed by atoms with Gasteiger partial charge in [0.2, 0.25) is 0 Å². The van der Waals surface area contributed by atoms with E-state index in [2.05, 4.69) is 37.3 Å². The van der Waals surface area contributed by atoms with Gasteiger partial charge >= 0.3 is 0 Å². The van der Waals surface area contributed by atoms with E-state index in [1.807, 2.05) is 0 Å². The number of benzene rings is 1. The highest BCUT2D eigenvalue weighted by Crippen LogP contribution is 2.29. The zero-order chi connectivity index (χ0) is 9.10. The van der Waals surface area contributed by atoms with Gasteiger partial charge < -0.3 is 4.74 Å². The Morgan fingerprint density at radius 3 is 2.54 bits per heavy atom. The first-order valence-corrected chi connectivity index (χ1v) is 5.03. The Bertz CT molecular complexity index is 247. The van der Waals surface area contributed by atoms with Crippen LogP contribution in [0, 0.1) is 5.92 Å². The molecule has 1 aliphatic heterocycles. The SMILES string of the molecule is C[C@H]1CC[C@H](c2ccccc2)OC1. The second-order valence-electron chi connectivity index (χ2n) is 3.92. The number of rotatable bonds is 1. The molecular formula is C12H16O. The van der Waals surface area contributed by atoms with Gasteiger partial charge in [-0.15, -0.1) is 0 Å². The summed E-state index contributed by atoms with van der Waals surface area (Å²) in [6.07, 6.45) is 2.81. The third-order valence-electron chi connectivity index (χ3n) is 2.67. The lowest BCUT2D eigenvalue weighted by atomic mass is 9.96. The highest BCUT2D eigenvalue weighted by atomic mass is 16.5. The van der Waals surface area contributed by atoms with Gasteiger partial charge in [0.15, 0.2) is 0 Å². The molecule has 0 radical (unpaired) electrons. The lowest BCUT2D eigenvalue weighted by Crippen LogP contribution is -2.18. The summed E-state index contributed by atoms with van der Waals surface area (Å²) in [5.41, 5.74) is 1.33. The summed E-state index contributed by atoms with van der Waals surface area (Å²) >= 11 is 0. The van der Waals surface area contributed by atoms with Crippen molar-refractivity contribution < 1.29 is 4.74 Å². The minimum Gasteiger partial charge on any atom is -0.373 e. The largest absolute Gasteiger partial charge is 0.373 e. The number of ether oxygens (including phenoxy) is 1. The maximum Gasteiger partial charge on any atom is 0.0825 e. The van der Waals surface area contributed by atoms with Crippen LogP contribution in [-0.4, -0.2) is 6.61 Å². The van der Waals surface area contributed by atoms with Crippen LogP contribution in [0.25, 0.3) is 0 Å². The van der Waals surface area contributed by atoms with Crippen LogP contribution in [0.1, 0.15) is 31.4 Å². The van der Waals surface area contributed by atoms with E-state index in [-0.39, 0.29) is 0 Å². The Hall–Kier alpha value is -0.820. The fourth-order valence-electron chi connectivity index (χ4n) is 1.81. The van der Waals surface area contributed by atoms with Crippen LogP contribution in [-0.2, 0) is 4.74 Å². The Morgan fingerprint density at radius 1 is 1.15 bits per heavy atom. The van der Waals surface area contributed by atoms with Gasteiger partial charge in [-0.2, -0.15) is 0 Å². The molecule has 0 aromatic heterocycles. The van der Waals surface area contributed by atoms with E-state index in [1.54, 1.807) is 0 Å². The van der Waals surface area contributed by atoms with Crippen molar-refractivity contribution in [1.82, 2.24) is 0 Å². The van der Waals surface area contributed by atoms with Gasteiger partial charge in [-0.05, 0) is 24.3 Å². The van der Waals surface area contributed by atoms with Gasteiger partial charge in [0.05, 0.1) is 6.10 Å². The quantitative estimate of drug-likeness (QED) is 0.638. The van der Waals surface area contributed by atoms with Crippen LogP contribution in [0.5, 0.6) is 0 Å². The highest BCUT2D eigenvalue weighted by Gasteiger charge is 2.19. The van der Waals surface area contributed by atoms with E-state index < -0.39 is 0 Å². The van der Waals surface area contributed by atoms with Crippen LogP contribution < -0.4 is 0 Å². The molecule has 0 bridgehead atoms. The van der Waals surface area contributed by atoms with E-state index in [1.165, 1.54) is 18.4 Å². The summed E-state index contributed by atoms with van der Waals surface area (Å²) in [5.74, 6) is 0.736. The smallest absolute Gasteiger partial charge is 0.0825 e. The van der Waals surface area contributed by atoms with E-state index in [0.717, 1.165) is 12.5 Å². The predicted molar refractivity (Wildman–Crippen MR) is 53.5 cm³/mol. The fraction of sp³-hybridized carbons (Fsp3) is 0.500. The van der Waals surface area contributed by atoms with Crippen molar-refractivity contribution in [3.63, 3.8) is 0 Å². The summed E-state index contributed by atoms with van der Waals surface area (Å²) in [4.78, 5) is 0. The monoisotopic (exact) mass is 176 g/mol. The average Bonchev–Trinajstić information content (AvgIpc) is 2.20. The maximum atomic E-state index is 5.78. The minimum atomic E-state index is 0.345. The molecule has 2 atom stereocenters. The van der Waals surface area contributed by atoms with E-state index in [4.69, 9.17) is 4.74 Å². The van der Waals surface area contributed by atoms with Gasteiger partial charge in [-0.25, -0.2) is 0 Å². The molecular weight excluding hydrogens is 160 g/mol. The molecule has 1 nitrogen and oxygen atoms in total. The van der Waals surface area contributed by atoms with Crippen LogP contribution in [0.4, 0.5) is 0 Å². The summed E-state index contributed by atoms with van der Waals surface area (Å²) in [6, 6.07) is 10.5. The highest BCUT2D eigenvalue weighted by molar-refractivity contribution is 5.17. The first kappa shape index (κ1) is 8.76. The van der Waals surface area contributed by atoms with Crippen molar-refractivity contribution >= 4 is 0 Å². The van der Waals surface area contributed by atoms with Crippen molar-refractivity contribution in [2.24, 2.45) is 5.92 Å². The third kappa shape index (κ3) is 2.10. The molecule has 1 heterocycles. The molecule has 1 aliphatic rings. The molecule has 1 fully saturated rings. The molecule has 13 heavy (non-hydrogen) atoms. The molecule has 70 valence electrons. The van der Waals surface area contributed by atoms with E-state index in [9.17, 15) is 0 Å². The third-order valence-corrected chi connectivity index (χ3v) is 2.67. The molecule has 0 N–H and O–H groups in total. The van der Waals surface area contributed by atoms with Crippen LogP contribution in [0.3, 0.4) is 0 Å². The fourth-order valence-corrected chi connectivity index (χ4v) is 1.81. The summed E-state index contributed by atoms with van der Waals surface area (Å²) in [5, 5.41) is 0. The van der Waals surface area contributed by atoms with Crippen molar-refractivity contribution in [2.45, 2.75) is 25.9 Å². The van der Waals surface area contributed by atoms with Crippen molar-refractivity contribution in [3.05, 3.63) is 35.9 Å². The van der Waals surface area contributed by atoms with Gasteiger partial charge in [0.25, 0.3) is 0 Å². The van der Waals surface area contributed by atoms with Crippen molar-refractivity contribution in [1.29, 1.82) is 0 Å². The van der Waals surface area contributed by atoms with Crippen LogP contribution in [0.15, 0.2) is 30.3 Å². The topological polar surface area (TPSA) is 9.23 Å². The number of hydrogen-bond acceptors (Lipinski definition) is 1. The predicted octanol–water partition coefficient (Wildman–Crippen LogP) is 3.17. The lowest BCUT2D eigenvalue weighted by molar-refractivity contribution is -0.0123. The number of hydrogen-bond donors (Lipinski definition) is 0. The standard InChI is InChI=1S/C12H16O/c1-10-7-8-12(13-9-10)11-5-3-2-4-6-11/h2-6,10,12H,7-9H2,1H3/t10-,12+/m0/s1. The molecule has 0 unspecified atom stereocenters. The average molecular weight is 176 g/mol. The Balaban J connectivity index is 2.03. The van der Waals surface area contributed by atoms with Crippen LogP contribution in [0.2, 0.25) is 0 Å². The first-order valence-electron chi connectivity index (χ1n) is 5.03. The molecule has 0 spiro atoms. The summed E-state index contributed by atoms with van der Waals surface area (Å²) < 4.78 is 5.78. The molecule has 0 saturated carbocycles. The van der Waals surface area contributed by atoms with Gasteiger partial charge in [-0.1, -0.05) is 37.3 Å². The van der Waals surface area contributed by atoms with Crippen molar-refractivity contribution in [3.8, 4) is 0 Å². The second-order valence-corrected chi connectivity index (χ2v) is 3.92. The lowest BCUT2D eigenvalue weighted by Gasteiger charge is -2.27. The summed E-state index contributed by atoms with van der Waals surface area (Å²) in [6.45, 7) is 3.17. The zero-order valence-electron chi connectivity index (χ0n) is 8.07. The van der Waals surface area contributed by atoms with Gasteiger partial charge in [-0.3, -0.25) is 0 Å². The zero-order valence-corrected chi connectivity index (χ0v) is 8.07. The Kier molecular flexibility index (Phi) is 2.65. The first-order chi connectivity index (χ1) is 6.36. The molecule has 2 rings (SSSR count). The second kappa shape index (κ2) is 3.93. The van der Waals surface area contributed by atoms with Crippen LogP contribution >= 0.6 is 0 Å². The van der Waals surface area contributed by atoms with Crippen molar-refractivity contribution in [2.75, 3.05) is 6.61 Å².